The van der Waals surface area contributed by atoms with Crippen LogP contribution in [0.5, 0.6) is 0 Å². The zero-order chi connectivity index (χ0) is 20.1. The van der Waals surface area contributed by atoms with Crippen molar-refractivity contribution in [1.82, 2.24) is 15.2 Å². The Kier molecular flexibility index (Phi) is 6.24. The Morgan fingerprint density at radius 3 is 2.46 bits per heavy atom. The van der Waals surface area contributed by atoms with Gasteiger partial charge in [0, 0.05) is 38.0 Å². The molecule has 2 fully saturated rings. The molecule has 0 bridgehead atoms. The second kappa shape index (κ2) is 8.65. The summed E-state index contributed by atoms with van der Waals surface area (Å²) in [6.45, 7) is 3.35. The van der Waals surface area contributed by atoms with Gasteiger partial charge in [-0.25, -0.2) is 4.79 Å². The number of morpholine rings is 1. The van der Waals surface area contributed by atoms with E-state index in [-0.39, 0.29) is 17.9 Å². The Balaban J connectivity index is 1.75. The van der Waals surface area contributed by atoms with Gasteiger partial charge in [-0.1, -0.05) is 12.1 Å². The molecule has 0 radical (unpaired) electrons. The van der Waals surface area contributed by atoms with Gasteiger partial charge in [0.15, 0.2) is 0 Å². The predicted octanol–water partition coefficient (Wildman–Crippen LogP) is 2.92. The summed E-state index contributed by atoms with van der Waals surface area (Å²) < 4.78 is 43.8. The van der Waals surface area contributed by atoms with E-state index in [1.807, 2.05) is 0 Å². The fourth-order valence-electron chi connectivity index (χ4n) is 3.82. The number of alkyl halides is 3. The SMILES string of the molecule is N#[N+]NCC1CC(c2ccc(C(F)(F)F)cc2)CN(C(=O)N2CCOCC2)C1. The standard InChI is InChI=1S/C18H23F3N5O2/c19-18(20,21)16-3-1-14(2-4-16)15-9-13(10-23-24-22)11-26(12-15)17(27)25-5-7-28-8-6-25/h1-4,13,15,23H,5-12H2/q+1. The number of nitrogens with one attached hydrogen (secondary N) is 1. The number of carbonyl (C=O) groups excluding carboxylic acids is 1. The fraction of sp³-hybridized carbons (Fsp3) is 0.611. The number of likely N-dealkylation sites (tertiary alicyclic amines) is 1. The summed E-state index contributed by atoms with van der Waals surface area (Å²) in [5.41, 5.74) is 2.59. The molecular formula is C18H23F3N5O2+. The molecule has 2 saturated heterocycles. The van der Waals surface area contributed by atoms with Gasteiger partial charge in [0.05, 0.1) is 25.3 Å². The number of hydrogen-bond acceptors (Lipinski definition) is 4. The van der Waals surface area contributed by atoms with Crippen molar-refractivity contribution in [3.05, 3.63) is 40.5 Å². The first kappa shape index (κ1) is 20.2. The van der Waals surface area contributed by atoms with Crippen molar-refractivity contribution in [2.75, 3.05) is 45.9 Å². The molecule has 1 aromatic carbocycles. The third kappa shape index (κ3) is 4.84. The van der Waals surface area contributed by atoms with E-state index in [4.69, 9.17) is 10.1 Å². The van der Waals surface area contributed by atoms with E-state index in [0.29, 0.717) is 52.4 Å². The van der Waals surface area contributed by atoms with Gasteiger partial charge in [-0.05, 0) is 29.5 Å². The van der Waals surface area contributed by atoms with Gasteiger partial charge in [-0.3, -0.25) is 0 Å². The first-order chi connectivity index (χ1) is 13.4. The van der Waals surface area contributed by atoms with Gasteiger partial charge < -0.3 is 14.5 Å². The second-order valence-corrected chi connectivity index (χ2v) is 7.17. The van der Waals surface area contributed by atoms with Crippen LogP contribution < -0.4 is 5.43 Å². The molecule has 7 nitrogen and oxygen atoms in total. The molecule has 0 saturated carbocycles. The van der Waals surface area contributed by atoms with E-state index in [2.05, 4.69) is 10.5 Å². The summed E-state index contributed by atoms with van der Waals surface area (Å²) in [6.07, 6.45) is -3.70. The summed E-state index contributed by atoms with van der Waals surface area (Å²) in [5.74, 6) is -0.0755. The average Bonchev–Trinajstić information content (AvgIpc) is 2.71. The van der Waals surface area contributed by atoms with Crippen molar-refractivity contribution in [3.8, 4) is 0 Å². The molecule has 2 heterocycles. The number of ether oxygens (including phenoxy) is 1. The highest BCUT2D eigenvalue weighted by molar-refractivity contribution is 5.74. The third-order valence-electron chi connectivity index (χ3n) is 5.25. The maximum absolute atomic E-state index is 12.9. The van der Waals surface area contributed by atoms with Gasteiger partial charge in [0.25, 0.3) is 5.39 Å². The van der Waals surface area contributed by atoms with E-state index < -0.39 is 11.7 Å². The van der Waals surface area contributed by atoms with E-state index in [0.717, 1.165) is 17.7 Å². The zero-order valence-corrected chi connectivity index (χ0v) is 15.4. The lowest BCUT2D eigenvalue weighted by Crippen LogP contribution is -2.53. The van der Waals surface area contributed by atoms with E-state index >= 15 is 0 Å². The molecule has 152 valence electrons. The quantitative estimate of drug-likeness (QED) is 0.628. The van der Waals surface area contributed by atoms with Gasteiger partial charge >= 0.3 is 17.3 Å². The molecule has 2 unspecified atom stereocenters. The monoisotopic (exact) mass is 398 g/mol. The van der Waals surface area contributed by atoms with Crippen LogP contribution in [0.4, 0.5) is 18.0 Å². The first-order valence-electron chi connectivity index (χ1n) is 9.24. The zero-order valence-electron chi connectivity index (χ0n) is 15.4. The summed E-state index contributed by atoms with van der Waals surface area (Å²) in [7, 11) is 0. The highest BCUT2D eigenvalue weighted by Gasteiger charge is 2.35. The molecule has 28 heavy (non-hydrogen) atoms. The van der Waals surface area contributed by atoms with Crippen molar-refractivity contribution in [2.24, 2.45) is 5.92 Å². The minimum Gasteiger partial charge on any atom is -0.378 e. The minimum atomic E-state index is -4.38. The highest BCUT2D eigenvalue weighted by Crippen LogP contribution is 2.34. The smallest absolute Gasteiger partial charge is 0.378 e. The molecule has 2 amide bonds. The number of urea groups is 1. The van der Waals surface area contributed by atoms with Crippen LogP contribution in [0, 0.1) is 11.3 Å². The molecule has 2 atom stereocenters. The number of rotatable bonds is 3. The van der Waals surface area contributed by atoms with Crippen LogP contribution in [0.25, 0.3) is 5.08 Å². The van der Waals surface area contributed by atoms with Crippen LogP contribution in [0.1, 0.15) is 23.5 Å². The lowest BCUT2D eigenvalue weighted by atomic mass is 9.84. The summed E-state index contributed by atoms with van der Waals surface area (Å²) in [4.78, 5) is 16.4. The number of benzene rings is 1. The summed E-state index contributed by atoms with van der Waals surface area (Å²) in [6, 6.07) is 5.03. The van der Waals surface area contributed by atoms with Crippen molar-refractivity contribution in [1.29, 1.82) is 5.39 Å². The van der Waals surface area contributed by atoms with Crippen molar-refractivity contribution in [3.63, 3.8) is 0 Å². The Morgan fingerprint density at radius 2 is 1.86 bits per heavy atom. The fourth-order valence-corrected chi connectivity index (χ4v) is 3.82. The Labute approximate surface area is 161 Å². The van der Waals surface area contributed by atoms with Crippen molar-refractivity contribution < 1.29 is 22.7 Å². The maximum Gasteiger partial charge on any atom is 0.416 e. The first-order valence-corrected chi connectivity index (χ1v) is 9.24. The molecule has 1 N–H and O–H groups in total. The van der Waals surface area contributed by atoms with E-state index in [1.165, 1.54) is 12.1 Å². The van der Waals surface area contributed by atoms with Crippen LogP contribution >= 0.6 is 0 Å². The molecule has 0 spiro atoms. The summed E-state index contributed by atoms with van der Waals surface area (Å²) >= 11 is 0. The maximum atomic E-state index is 12.9. The molecule has 10 heteroatoms. The number of carbonyl (C=O) groups is 1. The lowest BCUT2D eigenvalue weighted by molar-refractivity contribution is -0.137. The second-order valence-electron chi connectivity index (χ2n) is 7.17. The molecular weight excluding hydrogens is 375 g/mol. The average molecular weight is 398 g/mol. The lowest BCUT2D eigenvalue weighted by Gasteiger charge is -2.40. The summed E-state index contributed by atoms with van der Waals surface area (Å²) in [5, 5.41) is 11.6. The highest BCUT2D eigenvalue weighted by atomic mass is 19.4. The minimum absolute atomic E-state index is 0.0157. The molecule has 0 aromatic heterocycles. The van der Waals surface area contributed by atoms with Gasteiger partial charge in [-0.15, -0.1) is 0 Å². The number of halogens is 3. The van der Waals surface area contributed by atoms with E-state index in [1.54, 1.807) is 9.80 Å². The molecule has 0 aliphatic carbocycles. The molecule has 2 aliphatic heterocycles. The Hall–Kier alpha value is -2.54. The Bertz CT molecular complexity index is 713. The number of diazo groups is 1. The number of amides is 2. The number of hydrogen-bond donors (Lipinski definition) is 1. The van der Waals surface area contributed by atoms with Gasteiger partial charge in [-0.2, -0.15) is 13.2 Å². The van der Waals surface area contributed by atoms with Crippen LogP contribution in [-0.4, -0.2) is 61.8 Å². The molecule has 2 aliphatic rings. The Morgan fingerprint density at radius 1 is 1.18 bits per heavy atom. The van der Waals surface area contributed by atoms with Crippen LogP contribution in [0.3, 0.4) is 0 Å². The van der Waals surface area contributed by atoms with Crippen molar-refractivity contribution >= 4 is 6.03 Å². The number of piperidine rings is 1. The topological polar surface area (TPSA) is 73.0 Å². The number of nitrogens with zero attached hydrogens (tertiary/aromatic N) is 4. The predicted molar refractivity (Wildman–Crippen MR) is 94.7 cm³/mol. The van der Waals surface area contributed by atoms with Gasteiger partial charge in [0.2, 0.25) is 0 Å². The molecule has 1 aromatic rings. The normalized spacial score (nSPS) is 23.2. The molecule has 3 rings (SSSR count). The van der Waals surface area contributed by atoms with Gasteiger partial charge in [0.1, 0.15) is 0 Å². The van der Waals surface area contributed by atoms with Crippen LogP contribution in [0.2, 0.25) is 0 Å². The van der Waals surface area contributed by atoms with Crippen molar-refractivity contribution in [2.45, 2.75) is 18.5 Å². The van der Waals surface area contributed by atoms with Crippen LogP contribution in [-0.2, 0) is 10.9 Å². The van der Waals surface area contributed by atoms with E-state index in [9.17, 15) is 18.0 Å². The third-order valence-corrected chi connectivity index (χ3v) is 5.25. The largest absolute Gasteiger partial charge is 0.416 e. The van der Waals surface area contributed by atoms with Crippen LogP contribution in [0.15, 0.2) is 24.3 Å².